The van der Waals surface area contributed by atoms with Crippen LogP contribution < -0.4 is 0 Å². The van der Waals surface area contributed by atoms with Gasteiger partial charge in [-0.25, -0.2) is 0 Å². The molecule has 1 amide bonds. The molecular weight excluding hydrogens is 420 g/mol. The molecule has 0 fully saturated rings. The highest BCUT2D eigenvalue weighted by atomic mass is 79.9. The molecule has 6 nitrogen and oxygen atoms in total. The number of aromatic nitrogens is 1. The van der Waals surface area contributed by atoms with E-state index < -0.39 is 5.91 Å². The standard InChI is InChI=1S/C18H16BrClN4O2/c1-23(2)10-24-15-8-7-11(19)9-13(15)16(18(24)26)21-22-17(25)12-5-3-4-6-14(12)20/h3-9,26H,10H2,1-2H3. The van der Waals surface area contributed by atoms with Crippen LogP contribution in [0.2, 0.25) is 5.02 Å². The largest absolute Gasteiger partial charge is 0.493 e. The van der Waals surface area contributed by atoms with Crippen molar-refractivity contribution < 1.29 is 9.90 Å². The molecule has 0 aliphatic heterocycles. The normalized spacial score (nSPS) is 11.7. The average Bonchev–Trinajstić information content (AvgIpc) is 2.84. The third-order valence-corrected chi connectivity index (χ3v) is 4.56. The molecule has 26 heavy (non-hydrogen) atoms. The molecule has 0 aliphatic rings. The summed E-state index contributed by atoms with van der Waals surface area (Å²) in [6.45, 7) is 0.456. The Labute approximate surface area is 163 Å². The molecule has 0 saturated heterocycles. The Balaban J connectivity index is 2.07. The molecule has 0 saturated carbocycles. The fourth-order valence-electron chi connectivity index (χ4n) is 2.60. The number of nitrogens with zero attached hydrogens (tertiary/aromatic N) is 4. The van der Waals surface area contributed by atoms with E-state index in [2.05, 4.69) is 26.2 Å². The van der Waals surface area contributed by atoms with Crippen LogP contribution in [0.4, 0.5) is 5.69 Å². The van der Waals surface area contributed by atoms with Crippen LogP contribution in [0.1, 0.15) is 10.4 Å². The molecule has 1 aromatic heterocycles. The molecule has 134 valence electrons. The lowest BCUT2D eigenvalue weighted by atomic mass is 10.2. The van der Waals surface area contributed by atoms with Crippen molar-refractivity contribution in [2.45, 2.75) is 6.67 Å². The van der Waals surface area contributed by atoms with Crippen molar-refractivity contribution in [1.29, 1.82) is 0 Å². The zero-order chi connectivity index (χ0) is 18.8. The van der Waals surface area contributed by atoms with Gasteiger partial charge in [-0.05, 0) is 44.4 Å². The van der Waals surface area contributed by atoms with Gasteiger partial charge in [0.25, 0.3) is 5.91 Å². The number of hydrogen-bond donors (Lipinski definition) is 1. The Morgan fingerprint density at radius 3 is 2.69 bits per heavy atom. The molecule has 0 bridgehead atoms. The van der Waals surface area contributed by atoms with E-state index in [1.54, 1.807) is 28.8 Å². The van der Waals surface area contributed by atoms with Gasteiger partial charge in [-0.2, -0.15) is 0 Å². The fraction of sp³-hybridized carbons (Fsp3) is 0.167. The van der Waals surface area contributed by atoms with Gasteiger partial charge in [0, 0.05) is 9.86 Å². The van der Waals surface area contributed by atoms with Crippen molar-refractivity contribution in [3.63, 3.8) is 0 Å². The van der Waals surface area contributed by atoms with Crippen LogP contribution in [0.25, 0.3) is 10.9 Å². The van der Waals surface area contributed by atoms with Crippen LogP contribution in [0.15, 0.2) is 57.2 Å². The van der Waals surface area contributed by atoms with Crippen LogP contribution in [0, 0.1) is 0 Å². The van der Waals surface area contributed by atoms with E-state index in [1.165, 1.54) is 0 Å². The number of rotatable bonds is 4. The quantitative estimate of drug-likeness (QED) is 0.572. The molecule has 2 aromatic carbocycles. The third-order valence-electron chi connectivity index (χ3n) is 3.74. The van der Waals surface area contributed by atoms with Crippen molar-refractivity contribution >= 4 is 50.0 Å². The van der Waals surface area contributed by atoms with Crippen LogP contribution in [-0.4, -0.2) is 34.6 Å². The van der Waals surface area contributed by atoms with Gasteiger partial charge >= 0.3 is 0 Å². The van der Waals surface area contributed by atoms with Gasteiger partial charge < -0.3 is 5.11 Å². The molecule has 0 unspecified atom stereocenters. The molecule has 0 atom stereocenters. The Morgan fingerprint density at radius 1 is 1.27 bits per heavy atom. The van der Waals surface area contributed by atoms with Gasteiger partial charge in [0.2, 0.25) is 5.88 Å². The third kappa shape index (κ3) is 3.65. The number of hydrogen-bond acceptors (Lipinski definition) is 4. The number of benzene rings is 2. The number of aromatic hydroxyl groups is 1. The molecule has 0 radical (unpaired) electrons. The van der Waals surface area contributed by atoms with Gasteiger partial charge in [-0.1, -0.05) is 39.7 Å². The zero-order valence-electron chi connectivity index (χ0n) is 14.1. The maximum absolute atomic E-state index is 12.3. The number of amides is 1. The van der Waals surface area contributed by atoms with Crippen molar-refractivity contribution in [3.8, 4) is 5.88 Å². The minimum atomic E-state index is -0.571. The monoisotopic (exact) mass is 434 g/mol. The van der Waals surface area contributed by atoms with E-state index >= 15 is 0 Å². The predicted molar refractivity (Wildman–Crippen MR) is 105 cm³/mol. The maximum atomic E-state index is 12.3. The van der Waals surface area contributed by atoms with Gasteiger partial charge in [0.15, 0.2) is 5.69 Å². The van der Waals surface area contributed by atoms with Crippen LogP contribution in [-0.2, 0) is 6.67 Å². The maximum Gasteiger partial charge on any atom is 0.296 e. The summed E-state index contributed by atoms with van der Waals surface area (Å²) in [6, 6.07) is 12.2. The Kier molecular flexibility index (Phi) is 5.41. The van der Waals surface area contributed by atoms with Crippen molar-refractivity contribution in [1.82, 2.24) is 9.47 Å². The highest BCUT2D eigenvalue weighted by molar-refractivity contribution is 9.10. The summed E-state index contributed by atoms with van der Waals surface area (Å²) in [6.07, 6.45) is 0. The van der Waals surface area contributed by atoms with E-state index in [0.29, 0.717) is 17.1 Å². The summed E-state index contributed by atoms with van der Waals surface area (Å²) in [4.78, 5) is 14.2. The molecule has 3 aromatic rings. The molecule has 3 rings (SSSR count). The Bertz CT molecular complexity index is 1010. The molecule has 0 spiro atoms. The highest BCUT2D eigenvalue weighted by Gasteiger charge is 2.18. The molecule has 1 N–H and O–H groups in total. The molecule has 0 aliphatic carbocycles. The van der Waals surface area contributed by atoms with Gasteiger partial charge in [-0.3, -0.25) is 14.3 Å². The van der Waals surface area contributed by atoms with Crippen molar-refractivity contribution in [3.05, 3.63) is 57.5 Å². The predicted octanol–water partition coefficient (Wildman–Crippen LogP) is 5.21. The first-order valence-electron chi connectivity index (χ1n) is 7.74. The Morgan fingerprint density at radius 2 is 2.00 bits per heavy atom. The van der Waals surface area contributed by atoms with Gasteiger partial charge in [0.05, 0.1) is 22.8 Å². The summed E-state index contributed by atoms with van der Waals surface area (Å²) in [7, 11) is 3.79. The second kappa shape index (κ2) is 7.57. The minimum Gasteiger partial charge on any atom is -0.493 e. The number of azo groups is 1. The van der Waals surface area contributed by atoms with Crippen molar-refractivity contribution in [2.24, 2.45) is 10.2 Å². The van der Waals surface area contributed by atoms with E-state index in [9.17, 15) is 9.90 Å². The summed E-state index contributed by atoms with van der Waals surface area (Å²) in [5.41, 5.74) is 1.29. The summed E-state index contributed by atoms with van der Waals surface area (Å²) in [5, 5.41) is 19.4. The van der Waals surface area contributed by atoms with Crippen LogP contribution in [0.5, 0.6) is 5.88 Å². The summed E-state index contributed by atoms with van der Waals surface area (Å²) in [5.74, 6) is -0.624. The second-order valence-corrected chi connectivity index (χ2v) is 7.29. The lowest BCUT2D eigenvalue weighted by Gasteiger charge is -2.13. The first-order chi connectivity index (χ1) is 12.4. The van der Waals surface area contributed by atoms with Crippen LogP contribution >= 0.6 is 27.5 Å². The average molecular weight is 436 g/mol. The first kappa shape index (κ1) is 18.6. The molecule has 8 heteroatoms. The SMILES string of the molecule is CN(C)Cn1c(O)c(N=NC(=O)c2ccccc2Cl)c2cc(Br)ccc21. The van der Waals surface area contributed by atoms with Gasteiger partial charge in [0.1, 0.15) is 0 Å². The summed E-state index contributed by atoms with van der Waals surface area (Å²) < 4.78 is 2.54. The number of carbonyl (C=O) groups is 1. The molecular formula is C18H16BrClN4O2. The summed E-state index contributed by atoms with van der Waals surface area (Å²) >= 11 is 9.44. The second-order valence-electron chi connectivity index (χ2n) is 5.97. The smallest absolute Gasteiger partial charge is 0.296 e. The number of fused-ring (bicyclic) bond motifs is 1. The molecule has 1 heterocycles. The lowest BCUT2D eigenvalue weighted by Crippen LogP contribution is -2.16. The van der Waals surface area contributed by atoms with E-state index in [1.807, 2.05) is 37.2 Å². The number of carbonyl (C=O) groups excluding carboxylic acids is 1. The van der Waals surface area contributed by atoms with Gasteiger partial charge in [-0.15, -0.1) is 10.2 Å². The topological polar surface area (TPSA) is 70.2 Å². The van der Waals surface area contributed by atoms with E-state index in [-0.39, 0.29) is 17.1 Å². The zero-order valence-corrected chi connectivity index (χ0v) is 16.5. The van der Waals surface area contributed by atoms with Crippen LogP contribution in [0.3, 0.4) is 0 Å². The minimum absolute atomic E-state index is 0.0532. The van der Waals surface area contributed by atoms with E-state index in [0.717, 1.165) is 9.99 Å². The Hall–Kier alpha value is -2.22. The highest BCUT2D eigenvalue weighted by Crippen LogP contribution is 2.40. The number of halogens is 2. The first-order valence-corrected chi connectivity index (χ1v) is 8.91. The van der Waals surface area contributed by atoms with E-state index in [4.69, 9.17) is 11.6 Å². The fourth-order valence-corrected chi connectivity index (χ4v) is 3.18. The lowest BCUT2D eigenvalue weighted by molar-refractivity contribution is 0.0995. The van der Waals surface area contributed by atoms with Crippen molar-refractivity contribution in [2.75, 3.05) is 14.1 Å².